The Bertz CT molecular complexity index is 854. The summed E-state index contributed by atoms with van der Waals surface area (Å²) in [5.41, 5.74) is 4.07. The largest absolute Gasteiger partial charge is 0.483 e. The van der Waals surface area contributed by atoms with Crippen LogP contribution in [-0.2, 0) is 14.3 Å². The summed E-state index contributed by atoms with van der Waals surface area (Å²) in [6.45, 7) is 3.59. The number of nitrogens with zero attached hydrogens (tertiary/aromatic N) is 1. The van der Waals surface area contributed by atoms with E-state index in [0.29, 0.717) is 23.7 Å². The highest BCUT2D eigenvalue weighted by atomic mass is 79.9. The molecule has 0 aromatic heterocycles. The fourth-order valence-corrected chi connectivity index (χ4v) is 2.74. The van der Waals surface area contributed by atoms with Gasteiger partial charge in [-0.05, 0) is 59.6 Å². The molecule has 1 N–H and O–H groups in total. The molecule has 0 aliphatic heterocycles. The highest BCUT2D eigenvalue weighted by Crippen LogP contribution is 2.25. The first-order chi connectivity index (χ1) is 13.5. The fourth-order valence-electron chi connectivity index (χ4n) is 2.13. The van der Waals surface area contributed by atoms with E-state index >= 15 is 0 Å². The Morgan fingerprint density at radius 2 is 1.86 bits per heavy atom. The SMILES string of the molecule is CCOC(=O)COc1ccccc1/C=N\NC(=O)COc1ccc(C)cc1Br. The maximum atomic E-state index is 11.9. The Labute approximate surface area is 171 Å². The molecule has 0 spiro atoms. The number of ether oxygens (including phenoxy) is 3. The highest BCUT2D eigenvalue weighted by molar-refractivity contribution is 9.10. The molecule has 0 fully saturated rings. The molecule has 2 rings (SSSR count). The number of nitrogens with one attached hydrogen (secondary N) is 1. The van der Waals surface area contributed by atoms with Crippen LogP contribution >= 0.6 is 15.9 Å². The second-order valence-corrected chi connectivity index (χ2v) is 6.50. The molecule has 0 radical (unpaired) electrons. The number of amides is 1. The first kappa shape index (κ1) is 21.4. The zero-order valence-electron chi connectivity index (χ0n) is 15.6. The third-order valence-electron chi connectivity index (χ3n) is 3.41. The van der Waals surface area contributed by atoms with Crippen molar-refractivity contribution >= 4 is 34.0 Å². The van der Waals surface area contributed by atoms with Crippen molar-refractivity contribution in [1.82, 2.24) is 5.43 Å². The Balaban J connectivity index is 1.86. The van der Waals surface area contributed by atoms with E-state index < -0.39 is 11.9 Å². The first-order valence-electron chi connectivity index (χ1n) is 8.58. The molecule has 28 heavy (non-hydrogen) atoms. The second-order valence-electron chi connectivity index (χ2n) is 5.65. The quantitative estimate of drug-likeness (QED) is 0.361. The van der Waals surface area contributed by atoms with Crippen molar-refractivity contribution in [1.29, 1.82) is 0 Å². The smallest absolute Gasteiger partial charge is 0.344 e. The van der Waals surface area contributed by atoms with Gasteiger partial charge in [-0.25, -0.2) is 10.2 Å². The molecule has 2 aromatic rings. The van der Waals surface area contributed by atoms with Crippen LogP contribution in [0.1, 0.15) is 18.1 Å². The number of hydrogen-bond acceptors (Lipinski definition) is 6. The predicted molar refractivity (Wildman–Crippen MR) is 109 cm³/mol. The van der Waals surface area contributed by atoms with Crippen LogP contribution in [0.4, 0.5) is 0 Å². The molecule has 0 bridgehead atoms. The number of hydrazone groups is 1. The summed E-state index contributed by atoms with van der Waals surface area (Å²) >= 11 is 3.39. The fraction of sp³-hybridized carbons (Fsp3) is 0.250. The van der Waals surface area contributed by atoms with E-state index in [1.165, 1.54) is 6.21 Å². The molecule has 1 amide bonds. The maximum Gasteiger partial charge on any atom is 0.344 e. The van der Waals surface area contributed by atoms with Gasteiger partial charge in [-0.2, -0.15) is 5.10 Å². The van der Waals surface area contributed by atoms with Crippen LogP contribution in [0, 0.1) is 6.92 Å². The number of aryl methyl sites for hydroxylation is 1. The molecular formula is C20H21BrN2O5. The van der Waals surface area contributed by atoms with Gasteiger partial charge in [0.15, 0.2) is 13.2 Å². The molecule has 0 unspecified atom stereocenters. The molecule has 2 aromatic carbocycles. The lowest BCUT2D eigenvalue weighted by Gasteiger charge is -2.09. The van der Waals surface area contributed by atoms with Gasteiger partial charge in [-0.3, -0.25) is 4.79 Å². The van der Waals surface area contributed by atoms with Crippen molar-refractivity contribution in [2.24, 2.45) is 5.10 Å². The third kappa shape index (κ3) is 7.03. The number of halogens is 1. The van der Waals surface area contributed by atoms with Gasteiger partial charge in [-0.15, -0.1) is 0 Å². The number of esters is 1. The van der Waals surface area contributed by atoms with E-state index in [1.54, 1.807) is 37.3 Å². The summed E-state index contributed by atoms with van der Waals surface area (Å²) in [6, 6.07) is 12.6. The van der Waals surface area contributed by atoms with Crippen LogP contribution in [0.25, 0.3) is 0 Å². The van der Waals surface area contributed by atoms with Gasteiger partial charge in [0.1, 0.15) is 11.5 Å². The zero-order valence-corrected chi connectivity index (χ0v) is 17.2. The van der Waals surface area contributed by atoms with E-state index in [2.05, 4.69) is 26.5 Å². The van der Waals surface area contributed by atoms with Crippen LogP contribution in [0.5, 0.6) is 11.5 Å². The van der Waals surface area contributed by atoms with E-state index in [9.17, 15) is 9.59 Å². The minimum Gasteiger partial charge on any atom is -0.483 e. The highest BCUT2D eigenvalue weighted by Gasteiger charge is 2.07. The molecule has 0 saturated heterocycles. The number of carbonyl (C=O) groups excluding carboxylic acids is 2. The normalized spacial score (nSPS) is 10.5. The molecule has 8 heteroatoms. The minimum absolute atomic E-state index is 0.181. The van der Waals surface area contributed by atoms with Gasteiger partial charge in [0.05, 0.1) is 17.3 Å². The first-order valence-corrected chi connectivity index (χ1v) is 9.37. The van der Waals surface area contributed by atoms with Gasteiger partial charge >= 0.3 is 5.97 Å². The monoisotopic (exact) mass is 448 g/mol. The summed E-state index contributed by atoms with van der Waals surface area (Å²) in [5.74, 6) is 0.159. The van der Waals surface area contributed by atoms with E-state index in [0.717, 1.165) is 10.0 Å². The molecule has 0 aliphatic rings. The van der Waals surface area contributed by atoms with E-state index in [4.69, 9.17) is 14.2 Å². The number of benzene rings is 2. The molecule has 0 aliphatic carbocycles. The van der Waals surface area contributed by atoms with Crippen LogP contribution < -0.4 is 14.9 Å². The Kier molecular flexibility index (Phi) is 8.48. The molecule has 0 atom stereocenters. The molecule has 7 nitrogen and oxygen atoms in total. The third-order valence-corrected chi connectivity index (χ3v) is 4.03. The van der Waals surface area contributed by atoms with Crippen molar-refractivity contribution in [3.63, 3.8) is 0 Å². The summed E-state index contributed by atoms with van der Waals surface area (Å²) < 4.78 is 16.5. The lowest BCUT2D eigenvalue weighted by atomic mass is 10.2. The van der Waals surface area contributed by atoms with Crippen molar-refractivity contribution in [3.8, 4) is 11.5 Å². The number of hydrogen-bond donors (Lipinski definition) is 1. The van der Waals surface area contributed by atoms with Gasteiger partial charge in [0.25, 0.3) is 5.91 Å². The van der Waals surface area contributed by atoms with Gasteiger partial charge in [0.2, 0.25) is 0 Å². The van der Waals surface area contributed by atoms with E-state index in [1.807, 2.05) is 19.1 Å². The average Bonchev–Trinajstić information content (AvgIpc) is 2.67. The summed E-state index contributed by atoms with van der Waals surface area (Å²) in [5, 5.41) is 3.90. The van der Waals surface area contributed by atoms with Gasteiger partial charge in [0, 0.05) is 5.56 Å². The molecule has 0 saturated carbocycles. The van der Waals surface area contributed by atoms with Crippen molar-refractivity contribution in [3.05, 3.63) is 58.1 Å². The van der Waals surface area contributed by atoms with Crippen molar-refractivity contribution in [2.75, 3.05) is 19.8 Å². The zero-order chi connectivity index (χ0) is 20.4. The lowest BCUT2D eigenvalue weighted by molar-refractivity contribution is -0.145. The van der Waals surface area contributed by atoms with Crippen LogP contribution in [0.3, 0.4) is 0 Å². The van der Waals surface area contributed by atoms with Crippen molar-refractivity contribution < 1.29 is 23.8 Å². The number of carbonyl (C=O) groups is 2. The molecule has 148 valence electrons. The van der Waals surface area contributed by atoms with Gasteiger partial charge < -0.3 is 14.2 Å². The van der Waals surface area contributed by atoms with E-state index in [-0.39, 0.29) is 13.2 Å². The van der Waals surface area contributed by atoms with Crippen LogP contribution in [-0.4, -0.2) is 37.9 Å². The van der Waals surface area contributed by atoms with Crippen molar-refractivity contribution in [2.45, 2.75) is 13.8 Å². The Hall–Kier alpha value is -2.87. The molecular weight excluding hydrogens is 428 g/mol. The maximum absolute atomic E-state index is 11.9. The Morgan fingerprint density at radius 1 is 1.11 bits per heavy atom. The Morgan fingerprint density at radius 3 is 2.61 bits per heavy atom. The lowest BCUT2D eigenvalue weighted by Crippen LogP contribution is -2.24. The predicted octanol–water partition coefficient (Wildman–Crippen LogP) is 3.23. The summed E-state index contributed by atoms with van der Waals surface area (Å²) in [7, 11) is 0. The molecule has 0 heterocycles. The minimum atomic E-state index is -0.457. The van der Waals surface area contributed by atoms with Gasteiger partial charge in [-0.1, -0.05) is 18.2 Å². The average molecular weight is 449 g/mol. The van der Waals surface area contributed by atoms with Crippen LogP contribution in [0.15, 0.2) is 52.0 Å². The summed E-state index contributed by atoms with van der Waals surface area (Å²) in [4.78, 5) is 23.3. The standard InChI is InChI=1S/C20H21BrN2O5/c1-3-26-20(25)13-28-17-7-5-4-6-15(17)11-22-23-19(24)12-27-18-9-8-14(2)10-16(18)21/h4-11H,3,12-13H2,1-2H3,(H,23,24)/b22-11-. The summed E-state index contributed by atoms with van der Waals surface area (Å²) in [6.07, 6.45) is 1.43. The van der Waals surface area contributed by atoms with Crippen LogP contribution in [0.2, 0.25) is 0 Å². The topological polar surface area (TPSA) is 86.2 Å². The number of rotatable bonds is 9. The second kappa shape index (κ2) is 11.1. The number of para-hydroxylation sites is 1.